The molecule has 4 rings (SSSR count). The quantitative estimate of drug-likeness (QED) is 0.526. The monoisotopic (exact) mass is 468 g/mol. The van der Waals surface area contributed by atoms with Gasteiger partial charge >= 0.3 is 5.97 Å². The number of para-hydroxylation sites is 1. The number of hydrogen-bond acceptors (Lipinski definition) is 8. The van der Waals surface area contributed by atoms with Crippen molar-refractivity contribution in [1.29, 1.82) is 0 Å². The molecule has 2 aromatic heterocycles. The van der Waals surface area contributed by atoms with E-state index >= 15 is 0 Å². The van der Waals surface area contributed by atoms with E-state index in [0.29, 0.717) is 37.7 Å². The van der Waals surface area contributed by atoms with Crippen LogP contribution in [0.3, 0.4) is 0 Å². The Morgan fingerprint density at radius 3 is 2.55 bits per heavy atom. The lowest BCUT2D eigenvalue weighted by atomic mass is 9.96. The van der Waals surface area contributed by atoms with Crippen molar-refractivity contribution in [3.8, 4) is 11.5 Å². The van der Waals surface area contributed by atoms with Crippen LogP contribution in [0.2, 0.25) is 0 Å². The largest absolute Gasteiger partial charge is 0.493 e. The molecule has 1 aromatic carbocycles. The maximum atomic E-state index is 13.6. The molecule has 1 aliphatic heterocycles. The Morgan fingerprint density at radius 1 is 1.18 bits per heavy atom. The molecule has 3 aromatic rings. The molecule has 1 aliphatic rings. The van der Waals surface area contributed by atoms with Gasteiger partial charge < -0.3 is 14.2 Å². The summed E-state index contributed by atoms with van der Waals surface area (Å²) in [5, 5.41) is 4.32. The normalized spacial score (nSPS) is 15.8. The predicted octanol–water partition coefficient (Wildman–Crippen LogP) is 1.47. The van der Waals surface area contributed by atoms with Gasteiger partial charge in [0, 0.05) is 23.9 Å². The van der Waals surface area contributed by atoms with E-state index in [-0.39, 0.29) is 5.56 Å². The van der Waals surface area contributed by atoms with Gasteiger partial charge in [0.25, 0.3) is 5.56 Å². The summed E-state index contributed by atoms with van der Waals surface area (Å²) in [5.74, 6) is 0.553. The van der Waals surface area contributed by atoms with Gasteiger partial charge in [-0.05, 0) is 26.0 Å². The molecule has 0 bridgehead atoms. The van der Waals surface area contributed by atoms with Gasteiger partial charge in [-0.1, -0.05) is 23.5 Å². The number of aryl methyl sites for hydroxylation is 1. The van der Waals surface area contributed by atoms with E-state index in [1.807, 2.05) is 26.1 Å². The topological polar surface area (TPSA) is 96.9 Å². The number of methoxy groups -OCH3 is 3. The third kappa shape index (κ3) is 3.66. The van der Waals surface area contributed by atoms with Gasteiger partial charge in [0.05, 0.1) is 43.3 Å². The highest BCUT2D eigenvalue weighted by Gasteiger charge is 2.35. The van der Waals surface area contributed by atoms with Gasteiger partial charge in [0.2, 0.25) is 0 Å². The van der Waals surface area contributed by atoms with E-state index in [4.69, 9.17) is 14.2 Å². The predicted molar refractivity (Wildman–Crippen MR) is 123 cm³/mol. The Bertz CT molecular complexity index is 1460. The van der Waals surface area contributed by atoms with E-state index < -0.39 is 12.0 Å². The molecule has 9 nitrogen and oxygen atoms in total. The van der Waals surface area contributed by atoms with Gasteiger partial charge in [-0.15, -0.1) is 0 Å². The molecule has 0 saturated carbocycles. The van der Waals surface area contributed by atoms with Crippen molar-refractivity contribution in [2.45, 2.75) is 19.9 Å². The SMILES string of the molecule is COC(=O)C1=C(C)N=c2sc(=Cc3cccc(OC)c3OC)c(=O)n2C1c1cnn(C)c1C. The summed E-state index contributed by atoms with van der Waals surface area (Å²) in [6.45, 7) is 3.64. The Hall–Kier alpha value is -3.66. The lowest BCUT2D eigenvalue weighted by Gasteiger charge is -2.23. The fourth-order valence-electron chi connectivity index (χ4n) is 3.94. The first-order valence-electron chi connectivity index (χ1n) is 10.1. The average molecular weight is 469 g/mol. The second-order valence-corrected chi connectivity index (χ2v) is 8.47. The maximum absolute atomic E-state index is 13.6. The molecule has 0 aliphatic carbocycles. The maximum Gasteiger partial charge on any atom is 0.338 e. The lowest BCUT2D eigenvalue weighted by molar-refractivity contribution is -0.136. The first kappa shape index (κ1) is 22.5. The van der Waals surface area contributed by atoms with E-state index in [1.54, 1.807) is 44.2 Å². The van der Waals surface area contributed by atoms with Crippen LogP contribution in [0.5, 0.6) is 11.5 Å². The molecule has 0 N–H and O–H groups in total. The van der Waals surface area contributed by atoms with Gasteiger partial charge in [-0.3, -0.25) is 14.0 Å². The average Bonchev–Trinajstić information content (AvgIpc) is 3.30. The number of benzene rings is 1. The second kappa shape index (κ2) is 8.70. The number of nitrogens with zero attached hydrogens (tertiary/aromatic N) is 4. The standard InChI is InChI=1S/C23H24N4O5S/c1-12-18(22(29)32-6)19(15-11-24-26(3)13(15)2)27-21(28)17(33-23(27)25-12)10-14-8-7-9-16(30-4)20(14)31-5/h7-11,19H,1-6H3. The number of esters is 1. The molecule has 0 fully saturated rings. The number of ether oxygens (including phenoxy) is 3. The minimum absolute atomic E-state index is 0.272. The van der Waals surface area contributed by atoms with E-state index in [1.165, 1.54) is 23.0 Å². The highest BCUT2D eigenvalue weighted by atomic mass is 32.1. The molecular weight excluding hydrogens is 444 g/mol. The fraction of sp³-hybridized carbons (Fsp3) is 0.304. The van der Waals surface area contributed by atoms with Crippen LogP contribution in [-0.2, 0) is 16.6 Å². The summed E-state index contributed by atoms with van der Waals surface area (Å²) in [7, 11) is 6.23. The number of thiazole rings is 1. The Kier molecular flexibility index (Phi) is 5.94. The summed E-state index contributed by atoms with van der Waals surface area (Å²) >= 11 is 1.24. The summed E-state index contributed by atoms with van der Waals surface area (Å²) < 4.78 is 19.6. The molecule has 0 radical (unpaired) electrons. The Labute approximate surface area is 193 Å². The zero-order valence-corrected chi connectivity index (χ0v) is 20.0. The highest BCUT2D eigenvalue weighted by molar-refractivity contribution is 7.07. The van der Waals surface area contributed by atoms with Crippen LogP contribution in [0.4, 0.5) is 0 Å². The fourth-order valence-corrected chi connectivity index (χ4v) is 4.98. The van der Waals surface area contributed by atoms with Gasteiger partial charge in [-0.25, -0.2) is 9.79 Å². The van der Waals surface area contributed by atoms with Crippen LogP contribution in [0.15, 0.2) is 45.5 Å². The first-order chi connectivity index (χ1) is 15.8. The molecule has 0 spiro atoms. The molecule has 172 valence electrons. The van der Waals surface area contributed by atoms with Gasteiger partial charge in [-0.2, -0.15) is 5.10 Å². The molecule has 3 heterocycles. The van der Waals surface area contributed by atoms with E-state index in [0.717, 1.165) is 11.3 Å². The van der Waals surface area contributed by atoms with Crippen molar-refractivity contribution in [2.24, 2.45) is 12.0 Å². The van der Waals surface area contributed by atoms with Crippen molar-refractivity contribution in [3.63, 3.8) is 0 Å². The molecule has 0 amide bonds. The number of rotatable bonds is 5. The zero-order chi connectivity index (χ0) is 23.9. The van der Waals surface area contributed by atoms with Crippen molar-refractivity contribution < 1.29 is 19.0 Å². The van der Waals surface area contributed by atoms with Gasteiger partial charge in [0.15, 0.2) is 16.3 Å². The molecule has 1 unspecified atom stereocenters. The number of allylic oxidation sites excluding steroid dienone is 1. The molecule has 10 heteroatoms. The van der Waals surface area contributed by atoms with Crippen LogP contribution >= 0.6 is 11.3 Å². The molecule has 0 saturated heterocycles. The van der Waals surface area contributed by atoms with E-state index in [2.05, 4.69) is 10.1 Å². The second-order valence-electron chi connectivity index (χ2n) is 7.47. The third-order valence-electron chi connectivity index (χ3n) is 5.71. The summed E-state index contributed by atoms with van der Waals surface area (Å²) in [6, 6.07) is 4.75. The lowest BCUT2D eigenvalue weighted by Crippen LogP contribution is -2.40. The van der Waals surface area contributed by atoms with Crippen molar-refractivity contribution >= 4 is 23.4 Å². The highest BCUT2D eigenvalue weighted by Crippen LogP contribution is 2.33. The minimum atomic E-state index is -0.697. The number of fused-ring (bicyclic) bond motifs is 1. The van der Waals surface area contributed by atoms with Crippen LogP contribution in [0.1, 0.15) is 29.8 Å². The Balaban J connectivity index is 2.01. The number of carbonyl (C=O) groups excluding carboxylic acids is 1. The zero-order valence-electron chi connectivity index (χ0n) is 19.2. The first-order valence-corrected chi connectivity index (χ1v) is 10.9. The van der Waals surface area contributed by atoms with Crippen molar-refractivity contribution in [3.05, 3.63) is 72.2 Å². The summed E-state index contributed by atoms with van der Waals surface area (Å²) in [4.78, 5) is 31.4. The third-order valence-corrected chi connectivity index (χ3v) is 6.70. The van der Waals surface area contributed by atoms with Crippen molar-refractivity contribution in [2.75, 3.05) is 21.3 Å². The number of hydrogen-bond donors (Lipinski definition) is 0. The van der Waals surface area contributed by atoms with Crippen LogP contribution in [0.25, 0.3) is 6.08 Å². The van der Waals surface area contributed by atoms with Crippen molar-refractivity contribution in [1.82, 2.24) is 14.3 Å². The van der Waals surface area contributed by atoms with Crippen LogP contribution in [-0.4, -0.2) is 41.6 Å². The number of carbonyl (C=O) groups is 1. The van der Waals surface area contributed by atoms with Crippen LogP contribution < -0.4 is 24.4 Å². The Morgan fingerprint density at radius 2 is 1.94 bits per heavy atom. The molecule has 1 atom stereocenters. The smallest absolute Gasteiger partial charge is 0.338 e. The van der Waals surface area contributed by atoms with Gasteiger partial charge in [0.1, 0.15) is 6.04 Å². The molecule has 33 heavy (non-hydrogen) atoms. The number of aromatic nitrogens is 3. The summed E-state index contributed by atoms with van der Waals surface area (Å²) in [5.41, 5.74) is 2.80. The summed E-state index contributed by atoms with van der Waals surface area (Å²) in [6.07, 6.45) is 3.42. The van der Waals surface area contributed by atoms with Crippen LogP contribution in [0, 0.1) is 6.92 Å². The van der Waals surface area contributed by atoms with E-state index in [9.17, 15) is 9.59 Å². The minimum Gasteiger partial charge on any atom is -0.493 e. The molecular formula is C23H24N4O5S.